The van der Waals surface area contributed by atoms with Crippen LogP contribution in [0, 0.1) is 0 Å². The van der Waals surface area contributed by atoms with E-state index in [9.17, 15) is 9.59 Å². The number of hydrogen-bond donors (Lipinski definition) is 1. The molecule has 1 atom stereocenters. The minimum atomic E-state index is -0.515. The number of alkyl halides is 1. The van der Waals surface area contributed by atoms with Crippen molar-refractivity contribution in [1.82, 2.24) is 53.9 Å². The third kappa shape index (κ3) is 6.58. The predicted octanol–water partition coefficient (Wildman–Crippen LogP) is 5.13. The maximum atomic E-state index is 12.9. The summed E-state index contributed by atoms with van der Waals surface area (Å²) in [6, 6.07) is 1.71. The number of halogens is 3. The fraction of sp³-hybridized carbons (Fsp3) is 0.250. The topological polar surface area (TPSA) is 156 Å². The molecule has 0 aliphatic carbocycles. The largest absolute Gasteiger partial charge is 0.353 e. The van der Waals surface area contributed by atoms with Gasteiger partial charge in [0.2, 0.25) is 5.28 Å². The molecule has 8 rings (SSSR count). The third-order valence-corrected chi connectivity index (χ3v) is 12.0. The molecule has 0 bridgehead atoms. The zero-order valence-electron chi connectivity index (χ0n) is 26.0. The van der Waals surface area contributed by atoms with Gasteiger partial charge in [-0.25, -0.2) is 29.3 Å². The number of nitrogens with one attached hydrogen (secondary N) is 1. The second-order valence-electron chi connectivity index (χ2n) is 10.3. The number of aromatic nitrogens is 10. The van der Waals surface area contributed by atoms with E-state index < -0.39 is 5.62 Å². The molecule has 0 saturated carbocycles. The molecule has 7 aromatic rings. The van der Waals surface area contributed by atoms with Crippen LogP contribution in [0.25, 0.3) is 42.5 Å². The SMILES string of the molecule is CSc1nc2c(s1)c1cnn(CC3=CC=NC(Cl)N3)c(=O)c1n2C.CSc1nc2c(s1)c1cnn(Cc3ccnc(Cl)n3)c(=O)c1n2C.Cl. The monoisotopic (exact) mass is 794 g/mol. The summed E-state index contributed by atoms with van der Waals surface area (Å²) >= 11 is 18.1. The van der Waals surface area contributed by atoms with Crippen molar-refractivity contribution in [2.24, 2.45) is 19.1 Å². The molecule has 1 unspecified atom stereocenters. The lowest BCUT2D eigenvalue weighted by Crippen LogP contribution is -2.32. The third-order valence-electron chi connectivity index (χ3n) is 7.47. The van der Waals surface area contributed by atoms with Crippen LogP contribution in [0.2, 0.25) is 5.28 Å². The number of fused-ring (bicyclic) bond motifs is 6. The Kier molecular flexibility index (Phi) is 10.4. The number of rotatable bonds is 6. The van der Waals surface area contributed by atoms with Crippen LogP contribution in [0.1, 0.15) is 5.69 Å². The quantitative estimate of drug-likeness (QED) is 0.103. The number of aliphatic imine (C=N–C) groups is 1. The fourth-order valence-corrected chi connectivity index (χ4v) is 8.83. The summed E-state index contributed by atoms with van der Waals surface area (Å²) in [6.07, 6.45) is 12.4. The van der Waals surface area contributed by atoms with Gasteiger partial charge in [0.1, 0.15) is 11.0 Å². The Labute approximate surface area is 309 Å². The maximum absolute atomic E-state index is 12.9. The molecule has 1 aliphatic heterocycles. The molecule has 0 fully saturated rings. The second-order valence-corrected chi connectivity index (χ2v) is 15.2. The standard InChI is InChI=1S/C14H13ClN6OS2.C14H11ClN6OS2.ClH/c2*1-20-9-8(10-11(20)19-14(23-2)24-10)5-17-21(12(9)22)6-7-3-4-16-13(15)18-7;/h3-5,13,18H,6H2,1-2H3;3-5H,6H2,1-2H3;1H. The first-order chi connectivity index (χ1) is 23.2. The van der Waals surface area contributed by atoms with Crippen LogP contribution < -0.4 is 16.4 Å². The highest BCUT2D eigenvalue weighted by Crippen LogP contribution is 2.35. The van der Waals surface area contributed by atoms with Crippen molar-refractivity contribution >= 4 is 131 Å². The molecule has 0 aromatic carbocycles. The molecule has 0 radical (unpaired) electrons. The van der Waals surface area contributed by atoms with E-state index in [2.05, 4.69) is 40.4 Å². The summed E-state index contributed by atoms with van der Waals surface area (Å²) in [4.78, 5) is 46.8. The Bertz CT molecular complexity index is 2550. The number of thiazole rings is 2. The first kappa shape index (κ1) is 35.3. The van der Waals surface area contributed by atoms with Gasteiger partial charge in [-0.05, 0) is 36.3 Å². The first-order valence-electron chi connectivity index (χ1n) is 14.0. The predicted molar refractivity (Wildman–Crippen MR) is 203 cm³/mol. The van der Waals surface area contributed by atoms with E-state index in [0.29, 0.717) is 23.3 Å². The molecule has 14 nitrogen and oxygen atoms in total. The lowest BCUT2D eigenvalue weighted by atomic mass is 10.3. The van der Waals surface area contributed by atoms with Crippen molar-refractivity contribution in [3.8, 4) is 0 Å². The minimum Gasteiger partial charge on any atom is -0.353 e. The summed E-state index contributed by atoms with van der Waals surface area (Å²) in [5, 5.41) is 13.4. The Hall–Kier alpha value is -3.52. The number of aryl methyl sites for hydroxylation is 2. The van der Waals surface area contributed by atoms with Crippen molar-refractivity contribution in [3.63, 3.8) is 0 Å². The van der Waals surface area contributed by atoms with Crippen LogP contribution in [-0.2, 0) is 27.2 Å². The molecular formula is C28H25Cl3N12O2S4. The normalized spacial score (nSPS) is 14.2. The van der Waals surface area contributed by atoms with E-state index in [4.69, 9.17) is 23.2 Å². The Morgan fingerprint density at radius 2 is 1.43 bits per heavy atom. The van der Waals surface area contributed by atoms with Gasteiger partial charge >= 0.3 is 0 Å². The zero-order chi connectivity index (χ0) is 33.7. The van der Waals surface area contributed by atoms with Gasteiger partial charge in [-0.3, -0.25) is 14.6 Å². The lowest BCUT2D eigenvalue weighted by molar-refractivity contribution is 0.588. The summed E-state index contributed by atoms with van der Waals surface area (Å²) in [7, 11) is 3.71. The average Bonchev–Trinajstić information content (AvgIpc) is 3.82. The van der Waals surface area contributed by atoms with Crippen LogP contribution in [0.4, 0.5) is 0 Å². The van der Waals surface area contributed by atoms with E-state index >= 15 is 0 Å². The molecule has 0 spiro atoms. The highest BCUT2D eigenvalue weighted by molar-refractivity contribution is 8.00. The first-order valence-corrected chi connectivity index (χ1v) is 18.9. The molecule has 8 heterocycles. The van der Waals surface area contributed by atoms with E-state index in [0.717, 1.165) is 45.8 Å². The maximum Gasteiger partial charge on any atom is 0.291 e. The highest BCUT2D eigenvalue weighted by atomic mass is 35.5. The van der Waals surface area contributed by atoms with Crippen molar-refractivity contribution in [1.29, 1.82) is 0 Å². The Balaban J connectivity index is 0.000000167. The Morgan fingerprint density at radius 3 is 1.94 bits per heavy atom. The van der Waals surface area contributed by atoms with Gasteiger partial charge in [0.15, 0.2) is 25.6 Å². The van der Waals surface area contributed by atoms with Gasteiger partial charge in [-0.15, -0.1) is 35.1 Å². The fourth-order valence-electron chi connectivity index (χ4n) is 5.26. The zero-order valence-corrected chi connectivity index (χ0v) is 31.6. The van der Waals surface area contributed by atoms with E-state index in [-0.39, 0.29) is 35.4 Å². The van der Waals surface area contributed by atoms with E-state index in [1.165, 1.54) is 9.36 Å². The van der Waals surface area contributed by atoms with Crippen molar-refractivity contribution < 1.29 is 0 Å². The van der Waals surface area contributed by atoms with Crippen LogP contribution in [-0.4, -0.2) is 73.0 Å². The molecule has 21 heteroatoms. The second kappa shape index (κ2) is 14.4. The molecule has 1 N–H and O–H groups in total. The summed E-state index contributed by atoms with van der Waals surface area (Å²) in [5.74, 6) is 0. The van der Waals surface area contributed by atoms with Gasteiger partial charge in [0.25, 0.3) is 11.1 Å². The molecule has 0 amide bonds. The molecule has 49 heavy (non-hydrogen) atoms. The highest BCUT2D eigenvalue weighted by Gasteiger charge is 2.20. The smallest absolute Gasteiger partial charge is 0.291 e. The van der Waals surface area contributed by atoms with Gasteiger partial charge in [-0.2, -0.15) is 10.2 Å². The molecule has 254 valence electrons. The number of nitrogens with zero attached hydrogens (tertiary/aromatic N) is 11. The van der Waals surface area contributed by atoms with Gasteiger partial charge in [0, 0.05) is 43.0 Å². The van der Waals surface area contributed by atoms with Crippen LogP contribution in [0.5, 0.6) is 0 Å². The number of thioether (sulfide) groups is 2. The summed E-state index contributed by atoms with van der Waals surface area (Å²) in [5.41, 5.74) is 3.40. The summed E-state index contributed by atoms with van der Waals surface area (Å²) < 4.78 is 10.4. The van der Waals surface area contributed by atoms with Gasteiger partial charge < -0.3 is 14.5 Å². The molecular weight excluding hydrogens is 771 g/mol. The van der Waals surface area contributed by atoms with Gasteiger partial charge in [-0.1, -0.05) is 35.1 Å². The van der Waals surface area contributed by atoms with E-state index in [1.807, 2.05) is 35.7 Å². The average molecular weight is 796 g/mol. The lowest BCUT2D eigenvalue weighted by Gasteiger charge is -2.16. The van der Waals surface area contributed by atoms with Gasteiger partial charge in [0.05, 0.1) is 40.6 Å². The van der Waals surface area contributed by atoms with Crippen LogP contribution in [0.3, 0.4) is 0 Å². The molecule has 0 saturated heterocycles. The van der Waals surface area contributed by atoms with Crippen molar-refractivity contribution in [2.45, 2.75) is 27.4 Å². The minimum absolute atomic E-state index is 0. The van der Waals surface area contributed by atoms with Crippen LogP contribution >= 0.6 is 81.8 Å². The van der Waals surface area contributed by atoms with Crippen LogP contribution in [0.15, 0.2) is 59.7 Å². The Morgan fingerprint density at radius 1 is 0.878 bits per heavy atom. The summed E-state index contributed by atoms with van der Waals surface area (Å²) in [6.45, 7) is 0.547. The number of hydrogen-bond acceptors (Lipinski definition) is 14. The molecule has 1 aliphatic rings. The molecule has 7 aromatic heterocycles. The number of allylic oxidation sites excluding steroid dienone is 2. The van der Waals surface area contributed by atoms with Crippen molar-refractivity contribution in [3.05, 3.63) is 68.1 Å². The van der Waals surface area contributed by atoms with Crippen molar-refractivity contribution in [2.75, 3.05) is 12.5 Å². The van der Waals surface area contributed by atoms with E-state index in [1.54, 1.807) is 83.1 Å².